The molecule has 1 amide bonds. The monoisotopic (exact) mass is 391 g/mol. The van der Waals surface area contributed by atoms with E-state index in [4.69, 9.17) is 0 Å². The molecule has 0 radical (unpaired) electrons. The fraction of sp³-hybridized carbons (Fsp3) is 0.286. The maximum atomic E-state index is 13.3. The molecule has 2 N–H and O–H groups in total. The second kappa shape index (κ2) is 7.95. The molecule has 0 unspecified atom stereocenters. The molecule has 0 atom stereocenters. The van der Waals surface area contributed by atoms with Crippen molar-refractivity contribution in [1.29, 1.82) is 0 Å². The highest BCUT2D eigenvalue weighted by Gasteiger charge is 2.15. The summed E-state index contributed by atoms with van der Waals surface area (Å²) in [6, 6.07) is 3.61. The molecule has 1 heterocycles. The first-order valence-corrected chi connectivity index (χ1v) is 9.20. The van der Waals surface area contributed by atoms with E-state index in [1.54, 1.807) is 6.92 Å². The molecule has 0 fully saturated rings. The number of benzene rings is 1. The fourth-order valence-electron chi connectivity index (χ4n) is 1.83. The number of nitrogens with one attached hydrogen (secondary N) is 2. The molecule has 7 nitrogen and oxygen atoms in total. The van der Waals surface area contributed by atoms with Crippen LogP contribution < -0.4 is 10.0 Å². The lowest BCUT2D eigenvalue weighted by Crippen LogP contribution is -2.27. The first-order chi connectivity index (χ1) is 11.7. The Morgan fingerprint density at radius 2 is 2.04 bits per heavy atom. The van der Waals surface area contributed by atoms with Crippen LogP contribution in [0.3, 0.4) is 0 Å². The van der Waals surface area contributed by atoms with E-state index < -0.39 is 34.5 Å². The lowest BCUT2D eigenvalue weighted by molar-refractivity contribution is -0.118. The van der Waals surface area contributed by atoms with Crippen molar-refractivity contribution in [1.82, 2.24) is 9.71 Å². The Bertz CT molecular complexity index is 884. The molecule has 0 bridgehead atoms. The third-order valence-electron chi connectivity index (χ3n) is 3.08. The minimum atomic E-state index is -3.95. The average Bonchev–Trinajstić information content (AvgIpc) is 2.88. The third-order valence-corrected chi connectivity index (χ3v) is 5.08. The van der Waals surface area contributed by atoms with Crippen LogP contribution in [0, 0.1) is 18.6 Å². The van der Waals surface area contributed by atoms with E-state index in [0.717, 1.165) is 35.4 Å². The zero-order chi connectivity index (χ0) is 18.6. The number of carbonyl (C=O) groups is 1. The summed E-state index contributed by atoms with van der Waals surface area (Å²) in [6.45, 7) is 1.02. The Morgan fingerprint density at radius 3 is 2.68 bits per heavy atom. The Hall–Kier alpha value is -1.95. The maximum Gasteiger partial charge on any atom is 0.336 e. The molecular weight excluding hydrogens is 376 g/mol. The van der Waals surface area contributed by atoms with Crippen molar-refractivity contribution in [2.24, 2.45) is 0 Å². The van der Waals surface area contributed by atoms with Gasteiger partial charge < -0.3 is 0 Å². The van der Waals surface area contributed by atoms with Gasteiger partial charge in [0.25, 0.3) is 5.91 Å². The first-order valence-electron chi connectivity index (χ1n) is 6.98. The molecule has 0 saturated carbocycles. The number of thiazole rings is 1. The van der Waals surface area contributed by atoms with E-state index in [-0.39, 0.29) is 5.13 Å². The number of carbonyl (C=O) groups excluding carboxylic acids is 1. The van der Waals surface area contributed by atoms with E-state index >= 15 is 0 Å². The number of aryl methyl sites for hydroxylation is 1. The number of hydrogen-bond donors (Lipinski definition) is 2. The largest absolute Gasteiger partial charge is 0.336 e. The summed E-state index contributed by atoms with van der Waals surface area (Å²) in [7, 11) is -2.80. The maximum absolute atomic E-state index is 13.3. The van der Waals surface area contributed by atoms with Gasteiger partial charge in [-0.1, -0.05) is 6.07 Å². The highest BCUT2D eigenvalue weighted by Crippen LogP contribution is 2.25. The summed E-state index contributed by atoms with van der Waals surface area (Å²) in [5.41, 5.74) is 1.18. The number of rotatable bonds is 7. The van der Waals surface area contributed by atoms with Gasteiger partial charge in [-0.2, -0.15) is 13.1 Å². The Morgan fingerprint density at radius 1 is 1.32 bits per heavy atom. The molecule has 25 heavy (non-hydrogen) atoms. The van der Waals surface area contributed by atoms with Gasteiger partial charge >= 0.3 is 10.3 Å². The molecule has 0 spiro atoms. The predicted octanol–water partition coefficient (Wildman–Crippen LogP) is 1.74. The molecule has 136 valence electrons. The van der Waals surface area contributed by atoms with Gasteiger partial charge in [0.2, 0.25) is 0 Å². The van der Waals surface area contributed by atoms with Crippen LogP contribution in [0.4, 0.5) is 13.9 Å². The lowest BCUT2D eigenvalue weighted by atomic mass is 10.1. The zero-order valence-electron chi connectivity index (χ0n) is 13.3. The Kier molecular flexibility index (Phi) is 6.16. The van der Waals surface area contributed by atoms with E-state index in [9.17, 15) is 22.0 Å². The number of nitrogens with zero attached hydrogens (tertiary/aromatic N) is 1. The third kappa shape index (κ3) is 5.53. The van der Waals surface area contributed by atoms with Crippen LogP contribution in [0.5, 0.6) is 0 Å². The van der Waals surface area contributed by atoms with E-state index in [1.807, 2.05) is 4.72 Å². The molecule has 0 saturated heterocycles. The molecule has 2 rings (SSSR count). The van der Waals surface area contributed by atoms with Gasteiger partial charge in [0.1, 0.15) is 6.61 Å². The summed E-state index contributed by atoms with van der Waals surface area (Å²) < 4.78 is 54.7. The number of anilines is 1. The smallest absolute Gasteiger partial charge is 0.300 e. The normalized spacial score (nSPS) is 11.5. The summed E-state index contributed by atoms with van der Waals surface area (Å²) in [5.74, 6) is -2.54. The van der Waals surface area contributed by atoms with Crippen molar-refractivity contribution in [3.63, 3.8) is 0 Å². The predicted molar refractivity (Wildman–Crippen MR) is 88.6 cm³/mol. The van der Waals surface area contributed by atoms with Gasteiger partial charge in [0.05, 0.1) is 5.69 Å². The van der Waals surface area contributed by atoms with Crippen LogP contribution in [-0.2, 0) is 25.7 Å². The summed E-state index contributed by atoms with van der Waals surface area (Å²) in [6.07, 6.45) is 0.321. The van der Waals surface area contributed by atoms with Crippen LogP contribution in [0.25, 0.3) is 0 Å². The lowest BCUT2D eigenvalue weighted by Gasteiger charge is -2.03. The quantitative estimate of drug-likeness (QED) is 0.749. The molecule has 0 aliphatic heterocycles. The van der Waals surface area contributed by atoms with Gasteiger partial charge in [-0.05, 0) is 24.6 Å². The van der Waals surface area contributed by atoms with Crippen LogP contribution in [-0.4, -0.2) is 33.0 Å². The second-order valence-electron chi connectivity index (χ2n) is 4.92. The fourth-order valence-corrected chi connectivity index (χ4v) is 3.22. The minimum Gasteiger partial charge on any atom is -0.300 e. The van der Waals surface area contributed by atoms with Gasteiger partial charge in [-0.15, -0.1) is 11.3 Å². The molecular formula is C14H15F2N3O4S2. The SMILES string of the molecule is CNS(=O)(=O)OCC(=O)Nc1nc(C)c(Cc2ccc(F)c(F)c2)s1. The highest BCUT2D eigenvalue weighted by molar-refractivity contribution is 7.84. The second-order valence-corrected chi connectivity index (χ2v) is 7.56. The van der Waals surface area contributed by atoms with E-state index in [1.165, 1.54) is 6.07 Å². The molecule has 1 aromatic heterocycles. The topological polar surface area (TPSA) is 97.4 Å². The molecule has 11 heteroatoms. The zero-order valence-corrected chi connectivity index (χ0v) is 14.9. The first kappa shape index (κ1) is 19.4. The van der Waals surface area contributed by atoms with Crippen molar-refractivity contribution in [3.8, 4) is 0 Å². The van der Waals surface area contributed by atoms with E-state index in [2.05, 4.69) is 14.5 Å². The van der Waals surface area contributed by atoms with E-state index in [0.29, 0.717) is 17.7 Å². The van der Waals surface area contributed by atoms with Crippen LogP contribution in [0.1, 0.15) is 16.1 Å². The standard InChI is InChI=1S/C14H15F2N3O4S2/c1-8-12(6-9-3-4-10(15)11(16)5-9)24-14(18-8)19-13(20)7-23-25(21,22)17-2/h3-5,17H,6-7H2,1-2H3,(H,18,19,20). The number of hydrogen-bond acceptors (Lipinski definition) is 6. The van der Waals surface area contributed by atoms with Crippen molar-refractivity contribution >= 4 is 32.7 Å². The van der Waals surface area contributed by atoms with Gasteiger partial charge in [-0.25, -0.2) is 17.9 Å². The molecule has 2 aromatic rings. The van der Waals surface area contributed by atoms with Crippen molar-refractivity contribution in [3.05, 3.63) is 46.0 Å². The Labute approximate surface area is 147 Å². The van der Waals surface area contributed by atoms with Crippen LogP contribution in [0.2, 0.25) is 0 Å². The van der Waals surface area contributed by atoms with Gasteiger partial charge in [0.15, 0.2) is 16.8 Å². The summed E-state index contributed by atoms with van der Waals surface area (Å²) in [4.78, 5) is 16.6. The minimum absolute atomic E-state index is 0.255. The number of halogens is 2. The van der Waals surface area contributed by atoms with Gasteiger partial charge in [-0.3, -0.25) is 10.1 Å². The van der Waals surface area contributed by atoms with Crippen LogP contribution >= 0.6 is 11.3 Å². The number of amides is 1. The molecule has 1 aromatic carbocycles. The number of aromatic nitrogens is 1. The molecule has 0 aliphatic carbocycles. The summed E-state index contributed by atoms with van der Waals surface area (Å²) in [5, 5.41) is 2.68. The molecule has 0 aliphatic rings. The van der Waals surface area contributed by atoms with Gasteiger partial charge in [0, 0.05) is 18.3 Å². The Balaban J connectivity index is 2.01. The highest BCUT2D eigenvalue weighted by atomic mass is 32.2. The van der Waals surface area contributed by atoms with Crippen molar-refractivity contribution < 1.29 is 26.2 Å². The van der Waals surface area contributed by atoms with Crippen LogP contribution in [0.15, 0.2) is 18.2 Å². The van der Waals surface area contributed by atoms with Crippen molar-refractivity contribution in [2.75, 3.05) is 19.0 Å². The average molecular weight is 391 g/mol. The summed E-state index contributed by atoms with van der Waals surface area (Å²) >= 11 is 1.15. The van der Waals surface area contributed by atoms with Crippen molar-refractivity contribution in [2.45, 2.75) is 13.3 Å².